The smallest absolute Gasteiger partial charge is 0.347 e. The number of carbonyl (C=O) groups is 2. The summed E-state index contributed by atoms with van der Waals surface area (Å²) in [4.78, 5) is 28.1. The minimum Gasteiger partial charge on any atom is -0.497 e. The number of carboxylic acid groups (broad SMARTS) is 1. The van der Waals surface area contributed by atoms with Crippen molar-refractivity contribution in [3.8, 4) is 11.5 Å². The lowest BCUT2D eigenvalue weighted by molar-refractivity contribution is -0.145. The Hall–Kier alpha value is -2.17. The van der Waals surface area contributed by atoms with E-state index in [1.165, 1.54) is 7.11 Å². The predicted molar refractivity (Wildman–Crippen MR) is 107 cm³/mol. The van der Waals surface area contributed by atoms with E-state index < -0.39 is 18.0 Å². The van der Waals surface area contributed by atoms with Gasteiger partial charge in [0, 0.05) is 19.0 Å². The predicted octanol–water partition coefficient (Wildman–Crippen LogP) is 2.89. The zero-order valence-corrected chi connectivity index (χ0v) is 18.1. The third-order valence-electron chi connectivity index (χ3n) is 3.87. The van der Waals surface area contributed by atoms with Crippen LogP contribution in [0.25, 0.3) is 0 Å². The van der Waals surface area contributed by atoms with E-state index in [-0.39, 0.29) is 18.0 Å². The summed E-state index contributed by atoms with van der Waals surface area (Å²) in [6.45, 7) is 2.06. The fraction of sp³-hybridized carbons (Fsp3) is 0.389. The normalized spacial score (nSPS) is 11.7. The third kappa shape index (κ3) is 5.66. The molecule has 1 atom stereocenters. The number of benzene rings is 1. The quantitative estimate of drug-likeness (QED) is 0.508. The minimum absolute atomic E-state index is 0.103. The van der Waals surface area contributed by atoms with Crippen LogP contribution in [0.15, 0.2) is 22.1 Å². The highest BCUT2D eigenvalue weighted by atomic mass is 79.9. The Labute approximate surface area is 175 Å². The number of halogens is 1. The Kier molecular flexibility index (Phi) is 8.21. The van der Waals surface area contributed by atoms with Crippen LogP contribution in [0, 0.1) is 0 Å². The molecule has 10 heteroatoms. The summed E-state index contributed by atoms with van der Waals surface area (Å²) in [5.41, 5.74) is 1.13. The van der Waals surface area contributed by atoms with Gasteiger partial charge in [-0.1, -0.05) is 17.4 Å². The highest BCUT2D eigenvalue weighted by Crippen LogP contribution is 2.26. The van der Waals surface area contributed by atoms with Gasteiger partial charge in [-0.3, -0.25) is 10.1 Å². The molecule has 0 spiro atoms. The lowest BCUT2D eigenvalue weighted by atomic mass is 10.0. The maximum atomic E-state index is 12.4. The van der Waals surface area contributed by atoms with Gasteiger partial charge in [-0.25, -0.2) is 9.78 Å². The molecule has 0 fully saturated rings. The lowest BCUT2D eigenvalue weighted by Crippen LogP contribution is -2.40. The Morgan fingerprint density at radius 2 is 2.07 bits per heavy atom. The van der Waals surface area contributed by atoms with Crippen molar-refractivity contribution in [1.82, 2.24) is 10.3 Å². The molecule has 28 heavy (non-hydrogen) atoms. The van der Waals surface area contributed by atoms with E-state index in [4.69, 9.17) is 14.2 Å². The van der Waals surface area contributed by atoms with Gasteiger partial charge in [-0.2, -0.15) is 0 Å². The SMILES string of the molecule is CCOC(=O)C(Cc1ccc(OC)cc1OC)NCc1nc(Br)sc1C(=O)O. The second-order valence-corrected chi connectivity index (χ2v) is 7.89. The molecule has 0 aliphatic rings. The second kappa shape index (κ2) is 10.4. The molecule has 2 aromatic rings. The summed E-state index contributed by atoms with van der Waals surface area (Å²) in [7, 11) is 3.10. The summed E-state index contributed by atoms with van der Waals surface area (Å²) in [5, 5.41) is 12.3. The molecule has 0 aliphatic carbocycles. The Morgan fingerprint density at radius 1 is 1.32 bits per heavy atom. The Bertz CT molecular complexity index is 841. The first-order valence-corrected chi connectivity index (χ1v) is 9.99. The summed E-state index contributed by atoms with van der Waals surface area (Å²) in [6.07, 6.45) is 0.291. The number of esters is 1. The van der Waals surface area contributed by atoms with Gasteiger partial charge >= 0.3 is 11.9 Å². The zero-order chi connectivity index (χ0) is 20.7. The number of nitrogens with zero attached hydrogens (tertiary/aromatic N) is 1. The third-order valence-corrected chi connectivity index (χ3v) is 5.41. The Balaban J connectivity index is 2.21. The van der Waals surface area contributed by atoms with Crippen LogP contribution in [0.1, 0.15) is 27.9 Å². The number of nitrogens with one attached hydrogen (secondary N) is 1. The van der Waals surface area contributed by atoms with E-state index in [2.05, 4.69) is 26.2 Å². The van der Waals surface area contributed by atoms with Crippen LogP contribution in [-0.4, -0.2) is 48.9 Å². The molecule has 0 aliphatic heterocycles. The van der Waals surface area contributed by atoms with E-state index >= 15 is 0 Å². The van der Waals surface area contributed by atoms with Crippen molar-refractivity contribution >= 4 is 39.2 Å². The summed E-state index contributed by atoms with van der Waals surface area (Å²) >= 11 is 4.22. The first-order chi connectivity index (χ1) is 13.4. The van der Waals surface area contributed by atoms with Crippen LogP contribution in [-0.2, 0) is 22.5 Å². The molecule has 2 rings (SSSR count). The van der Waals surface area contributed by atoms with Crippen LogP contribution in [0.3, 0.4) is 0 Å². The van der Waals surface area contributed by atoms with Gasteiger partial charge in [0.2, 0.25) is 0 Å². The number of aromatic nitrogens is 1. The number of carboxylic acids is 1. The molecule has 0 amide bonds. The minimum atomic E-state index is -1.07. The average Bonchev–Trinajstić information content (AvgIpc) is 3.06. The molecule has 152 valence electrons. The van der Waals surface area contributed by atoms with Crippen molar-refractivity contribution in [2.45, 2.75) is 25.9 Å². The van der Waals surface area contributed by atoms with E-state index in [0.717, 1.165) is 16.9 Å². The van der Waals surface area contributed by atoms with Crippen LogP contribution >= 0.6 is 27.3 Å². The average molecular weight is 473 g/mol. The molecule has 2 N–H and O–H groups in total. The number of hydrogen-bond acceptors (Lipinski definition) is 8. The highest BCUT2D eigenvalue weighted by Gasteiger charge is 2.24. The number of methoxy groups -OCH3 is 2. The molecule has 0 bridgehead atoms. The van der Waals surface area contributed by atoms with Crippen molar-refractivity contribution in [1.29, 1.82) is 0 Å². The molecule has 8 nitrogen and oxygen atoms in total. The molecule has 0 saturated carbocycles. The van der Waals surface area contributed by atoms with Gasteiger partial charge in [0.1, 0.15) is 22.4 Å². The molecular weight excluding hydrogens is 452 g/mol. The van der Waals surface area contributed by atoms with Crippen molar-refractivity contribution in [3.05, 3.63) is 38.3 Å². The van der Waals surface area contributed by atoms with Crippen LogP contribution in [0.2, 0.25) is 0 Å². The number of rotatable bonds is 10. The van der Waals surface area contributed by atoms with Crippen LogP contribution in [0.5, 0.6) is 11.5 Å². The molecule has 0 saturated heterocycles. The van der Waals surface area contributed by atoms with E-state index in [1.807, 2.05) is 6.07 Å². The second-order valence-electron chi connectivity index (χ2n) is 5.62. The number of thiazole rings is 1. The number of hydrogen-bond donors (Lipinski definition) is 2. The maximum absolute atomic E-state index is 12.4. The first kappa shape index (κ1) is 22.1. The molecule has 0 radical (unpaired) electrons. The van der Waals surface area contributed by atoms with Crippen molar-refractivity contribution in [2.24, 2.45) is 0 Å². The highest BCUT2D eigenvalue weighted by molar-refractivity contribution is 9.11. The standard InChI is InChI=1S/C18H21BrN2O6S/c1-4-27-17(24)12(7-10-5-6-11(25-2)8-14(10)26-3)20-9-13-15(16(22)23)28-18(19)21-13/h5-6,8,12,20H,4,7,9H2,1-3H3,(H,22,23). The topological polar surface area (TPSA) is 107 Å². The Morgan fingerprint density at radius 3 is 2.68 bits per heavy atom. The molecular formula is C18H21BrN2O6S. The van der Waals surface area contributed by atoms with Gasteiger partial charge in [0.15, 0.2) is 3.92 Å². The molecule has 1 aromatic heterocycles. The summed E-state index contributed by atoms with van der Waals surface area (Å²) in [6, 6.07) is 4.62. The number of aromatic carboxylic acids is 1. The van der Waals surface area contributed by atoms with Crippen molar-refractivity contribution in [3.63, 3.8) is 0 Å². The monoisotopic (exact) mass is 472 g/mol. The van der Waals surface area contributed by atoms with Gasteiger partial charge in [0.05, 0.1) is 26.5 Å². The maximum Gasteiger partial charge on any atom is 0.347 e. The van der Waals surface area contributed by atoms with Gasteiger partial charge in [-0.15, -0.1) is 0 Å². The summed E-state index contributed by atoms with van der Waals surface area (Å²) < 4.78 is 16.2. The van der Waals surface area contributed by atoms with Gasteiger partial charge < -0.3 is 19.3 Å². The van der Waals surface area contributed by atoms with Crippen molar-refractivity contribution < 1.29 is 28.9 Å². The largest absolute Gasteiger partial charge is 0.497 e. The first-order valence-electron chi connectivity index (χ1n) is 8.39. The molecule has 1 heterocycles. The van der Waals surface area contributed by atoms with E-state index in [9.17, 15) is 14.7 Å². The van der Waals surface area contributed by atoms with E-state index in [1.54, 1.807) is 26.2 Å². The molecule has 1 aromatic carbocycles. The fourth-order valence-electron chi connectivity index (χ4n) is 2.55. The van der Waals surface area contributed by atoms with Crippen LogP contribution < -0.4 is 14.8 Å². The number of ether oxygens (including phenoxy) is 3. The fourth-order valence-corrected chi connectivity index (χ4v) is 3.90. The van der Waals surface area contributed by atoms with Gasteiger partial charge in [0.25, 0.3) is 0 Å². The van der Waals surface area contributed by atoms with E-state index in [0.29, 0.717) is 27.5 Å². The lowest BCUT2D eigenvalue weighted by Gasteiger charge is -2.19. The zero-order valence-electron chi connectivity index (χ0n) is 15.7. The van der Waals surface area contributed by atoms with Gasteiger partial charge in [-0.05, 0) is 34.5 Å². The van der Waals surface area contributed by atoms with Crippen molar-refractivity contribution in [2.75, 3.05) is 20.8 Å². The summed E-state index contributed by atoms with van der Waals surface area (Å²) in [5.74, 6) is -0.284. The molecule has 1 unspecified atom stereocenters. The number of carbonyl (C=O) groups excluding carboxylic acids is 1. The van der Waals surface area contributed by atoms with Crippen LogP contribution in [0.4, 0.5) is 0 Å².